The van der Waals surface area contributed by atoms with E-state index in [9.17, 15) is 4.79 Å². The minimum absolute atomic E-state index is 0. The molecule has 0 aliphatic heterocycles. The van der Waals surface area contributed by atoms with Gasteiger partial charge in [-0.15, -0.1) is 6.58 Å². The molecule has 0 aromatic heterocycles. The second kappa shape index (κ2) is 16.5. The van der Waals surface area contributed by atoms with E-state index in [-0.39, 0.29) is 35.6 Å². The number of rotatable bonds is 14. The number of unbranched alkanes of at least 4 members (excludes halogenated alkanes) is 7. The van der Waals surface area contributed by atoms with Crippen LogP contribution >= 0.6 is 0 Å². The quantitative estimate of drug-likeness (QED) is 0.292. The summed E-state index contributed by atoms with van der Waals surface area (Å²) in [6.45, 7) is 8.66. The van der Waals surface area contributed by atoms with Crippen molar-refractivity contribution >= 4 is 35.5 Å². The molecule has 0 aliphatic carbocycles. The van der Waals surface area contributed by atoms with Crippen molar-refractivity contribution in [2.75, 3.05) is 6.54 Å². The first-order valence-corrected chi connectivity index (χ1v) is 8.15. The zero-order valence-electron chi connectivity index (χ0n) is 13.4. The third kappa shape index (κ3) is 16.4. The molecule has 0 bridgehead atoms. The van der Waals surface area contributed by atoms with Gasteiger partial charge in [0.2, 0.25) is 0 Å². The van der Waals surface area contributed by atoms with E-state index in [1.165, 1.54) is 38.5 Å². The first-order chi connectivity index (χ1) is 9.57. The average molecular weight is 307 g/mol. The maximum atomic E-state index is 11.1. The number of hydrogen-bond acceptors (Lipinski definition) is 2. The molecule has 2 N–H and O–H groups in total. The van der Waals surface area contributed by atoms with Crippen molar-refractivity contribution in [1.82, 2.24) is 5.32 Å². The van der Waals surface area contributed by atoms with Crippen LogP contribution in [-0.4, -0.2) is 53.2 Å². The second-order valence-electron chi connectivity index (χ2n) is 6.03. The molecule has 0 unspecified atom stereocenters. The molecule has 4 heteroatoms. The van der Waals surface area contributed by atoms with Gasteiger partial charge in [-0.2, -0.15) is 0 Å². The van der Waals surface area contributed by atoms with Gasteiger partial charge in [0.1, 0.15) is 6.04 Å². The molecule has 0 radical (unpaired) electrons. The molecule has 0 saturated carbocycles. The molecule has 0 rings (SSSR count). The van der Waals surface area contributed by atoms with Gasteiger partial charge in [-0.25, -0.2) is 0 Å². The second-order valence-corrected chi connectivity index (χ2v) is 6.03. The molecular weight excluding hydrogens is 273 g/mol. The summed E-state index contributed by atoms with van der Waals surface area (Å²) in [5.41, 5.74) is 0. The van der Waals surface area contributed by atoms with Crippen LogP contribution < -0.4 is 5.32 Å². The molecule has 120 valence electrons. The number of carbonyl (C=O) groups is 1. The third-order valence-electron chi connectivity index (χ3n) is 3.48. The van der Waals surface area contributed by atoms with Gasteiger partial charge in [0.05, 0.1) is 0 Å². The van der Waals surface area contributed by atoms with Crippen LogP contribution in [0.25, 0.3) is 0 Å². The fraction of sp³-hybridized carbons (Fsp3) is 0.824. The van der Waals surface area contributed by atoms with Crippen LogP contribution in [0, 0.1) is 5.92 Å². The maximum absolute atomic E-state index is 11.1. The summed E-state index contributed by atoms with van der Waals surface area (Å²) in [5, 5.41) is 12.3. The summed E-state index contributed by atoms with van der Waals surface area (Å²) in [6.07, 6.45) is 12.5. The summed E-state index contributed by atoms with van der Waals surface area (Å²) in [4.78, 5) is 11.1. The number of nitrogens with one attached hydrogen (secondary N) is 1. The van der Waals surface area contributed by atoms with Crippen LogP contribution in [0.2, 0.25) is 0 Å². The van der Waals surface area contributed by atoms with E-state index in [2.05, 4.69) is 25.7 Å². The first-order valence-electron chi connectivity index (χ1n) is 8.15. The minimum atomic E-state index is -0.721. The van der Waals surface area contributed by atoms with Gasteiger partial charge in [-0.05, 0) is 38.1 Å². The molecule has 0 aliphatic rings. The summed E-state index contributed by atoms with van der Waals surface area (Å²) in [6, 6.07) is -0.381. The van der Waals surface area contributed by atoms with Crippen LogP contribution in [0.3, 0.4) is 0 Å². The number of carboxylic acids is 1. The Labute approximate surface area is 153 Å². The molecule has 0 amide bonds. The number of carboxylic acid groups (broad SMARTS) is 1. The fourth-order valence-corrected chi connectivity index (χ4v) is 2.32. The van der Waals surface area contributed by atoms with Crippen molar-refractivity contribution < 1.29 is 9.90 Å². The predicted molar refractivity (Wildman–Crippen MR) is 93.2 cm³/mol. The molecule has 0 heterocycles. The molecule has 0 fully saturated rings. The molecule has 1 atom stereocenters. The molecule has 3 nitrogen and oxygen atoms in total. The van der Waals surface area contributed by atoms with Gasteiger partial charge in [0.25, 0.3) is 0 Å². The van der Waals surface area contributed by atoms with Crippen LogP contribution in [0.15, 0.2) is 12.7 Å². The van der Waals surface area contributed by atoms with E-state index in [4.69, 9.17) is 5.11 Å². The van der Waals surface area contributed by atoms with Crippen molar-refractivity contribution in [3.8, 4) is 0 Å². The zero-order valence-corrected chi connectivity index (χ0v) is 13.4. The Hall–Kier alpha value is 0.170. The van der Waals surface area contributed by atoms with E-state index >= 15 is 0 Å². The van der Waals surface area contributed by atoms with Crippen molar-refractivity contribution in [3.63, 3.8) is 0 Å². The summed E-state index contributed by atoms with van der Waals surface area (Å²) >= 11 is 0. The molecule has 0 aromatic carbocycles. The van der Waals surface area contributed by atoms with Crippen molar-refractivity contribution in [3.05, 3.63) is 12.7 Å². The summed E-state index contributed by atoms with van der Waals surface area (Å²) in [5.74, 6) is -0.305. The van der Waals surface area contributed by atoms with Crippen molar-refractivity contribution in [2.45, 2.75) is 77.7 Å². The molecule has 0 aromatic rings. The predicted octanol–water partition coefficient (Wildman–Crippen LogP) is 3.73. The standard InChI is InChI=1S/C17H33NO2.Na.H/c1-4-5-6-7-8-9-10-11-12-13-18-16(17(19)20)14-15(2)3;;/h4,15-16,18H,1,5-14H2,2-3H3,(H,19,20);;/t16-;;/m0../s1. The van der Waals surface area contributed by atoms with E-state index in [0.29, 0.717) is 12.3 Å². The Bertz CT molecular complexity index is 257. The summed E-state index contributed by atoms with van der Waals surface area (Å²) < 4.78 is 0. The van der Waals surface area contributed by atoms with Crippen molar-refractivity contribution in [1.29, 1.82) is 0 Å². The van der Waals surface area contributed by atoms with Crippen LogP contribution in [0.4, 0.5) is 0 Å². The SMILES string of the molecule is C=CCCCCCCCCCN[C@@H](CC(C)C)C(=O)O.[NaH]. The monoisotopic (exact) mass is 307 g/mol. The number of aliphatic carboxylic acids is 1. The Kier molecular flexibility index (Phi) is 18.5. The Balaban J connectivity index is 0. The molecule has 21 heavy (non-hydrogen) atoms. The molecule has 0 saturated heterocycles. The fourth-order valence-electron chi connectivity index (χ4n) is 2.32. The van der Waals surface area contributed by atoms with Crippen LogP contribution in [0.5, 0.6) is 0 Å². The van der Waals surface area contributed by atoms with Gasteiger partial charge in [-0.1, -0.05) is 52.0 Å². The van der Waals surface area contributed by atoms with E-state index in [1.54, 1.807) is 0 Å². The third-order valence-corrected chi connectivity index (χ3v) is 3.48. The first kappa shape index (κ1) is 23.4. The van der Waals surface area contributed by atoms with Crippen LogP contribution in [-0.2, 0) is 4.79 Å². The number of allylic oxidation sites excluding steroid dienone is 1. The van der Waals surface area contributed by atoms with Gasteiger partial charge in [0, 0.05) is 0 Å². The Morgan fingerprint density at radius 2 is 1.62 bits per heavy atom. The zero-order chi connectivity index (χ0) is 15.2. The van der Waals surface area contributed by atoms with Gasteiger partial charge in [-0.3, -0.25) is 4.79 Å². The molecule has 0 spiro atoms. The molecular formula is C17H34NNaO2. The van der Waals surface area contributed by atoms with Crippen LogP contribution in [0.1, 0.15) is 71.6 Å². The van der Waals surface area contributed by atoms with E-state index in [1.807, 2.05) is 6.08 Å². The number of hydrogen-bond donors (Lipinski definition) is 2. The van der Waals surface area contributed by atoms with Gasteiger partial charge >= 0.3 is 35.5 Å². The Morgan fingerprint density at radius 3 is 2.10 bits per heavy atom. The average Bonchev–Trinajstić information content (AvgIpc) is 2.39. The summed E-state index contributed by atoms with van der Waals surface area (Å²) in [7, 11) is 0. The topological polar surface area (TPSA) is 49.3 Å². The normalized spacial score (nSPS) is 12.0. The van der Waals surface area contributed by atoms with Gasteiger partial charge < -0.3 is 10.4 Å². The van der Waals surface area contributed by atoms with Gasteiger partial charge in [0.15, 0.2) is 0 Å². The Morgan fingerprint density at radius 1 is 1.10 bits per heavy atom. The van der Waals surface area contributed by atoms with Crippen molar-refractivity contribution in [2.24, 2.45) is 5.92 Å². The van der Waals surface area contributed by atoms with E-state index < -0.39 is 5.97 Å². The van der Waals surface area contributed by atoms with E-state index in [0.717, 1.165) is 19.4 Å².